The van der Waals surface area contributed by atoms with E-state index in [1.165, 1.54) is 11.3 Å². The Labute approximate surface area is 111 Å². The van der Waals surface area contributed by atoms with Crippen LogP contribution >= 0.6 is 22.9 Å². The largest absolute Gasteiger partial charge is 0.506 e. The Balaban J connectivity index is 2.05. The molecule has 0 unspecified atom stereocenters. The molecule has 0 aliphatic rings. The molecule has 1 N–H and O–H groups in total. The summed E-state index contributed by atoms with van der Waals surface area (Å²) in [5.74, 6) is 0.657. The molecule has 0 spiro atoms. The van der Waals surface area contributed by atoms with E-state index in [0.717, 1.165) is 0 Å². The Morgan fingerprint density at radius 2 is 2.22 bits per heavy atom. The first-order valence-corrected chi connectivity index (χ1v) is 6.23. The highest BCUT2D eigenvalue weighted by atomic mass is 35.5. The Morgan fingerprint density at radius 3 is 2.94 bits per heavy atom. The van der Waals surface area contributed by atoms with E-state index >= 15 is 0 Å². The van der Waals surface area contributed by atoms with Crippen molar-refractivity contribution in [1.29, 1.82) is 0 Å². The summed E-state index contributed by atoms with van der Waals surface area (Å²) in [5.41, 5.74) is 0.449. The van der Waals surface area contributed by atoms with Crippen molar-refractivity contribution >= 4 is 22.9 Å². The standard InChI is InChI=1S/C11H6ClN3O2S/c12-6-2-1-4-13-8(6)10-14-11(17-15-10)9-7(16)3-5-18-9/h1-5,16H. The molecule has 0 aromatic carbocycles. The number of pyridine rings is 1. The molecule has 0 aliphatic heterocycles. The molecule has 7 heteroatoms. The monoisotopic (exact) mass is 279 g/mol. The highest BCUT2D eigenvalue weighted by Gasteiger charge is 2.17. The van der Waals surface area contributed by atoms with Gasteiger partial charge in [0.05, 0.1) is 5.02 Å². The molecule has 3 aromatic rings. The zero-order valence-electron chi connectivity index (χ0n) is 8.87. The Hall–Kier alpha value is -1.92. The van der Waals surface area contributed by atoms with Gasteiger partial charge in [0, 0.05) is 6.20 Å². The molecule has 0 aliphatic carbocycles. The molecule has 0 atom stereocenters. The third kappa shape index (κ3) is 1.85. The third-order valence-electron chi connectivity index (χ3n) is 2.23. The number of hydrogen-bond acceptors (Lipinski definition) is 6. The lowest BCUT2D eigenvalue weighted by atomic mass is 10.3. The number of halogens is 1. The topological polar surface area (TPSA) is 72.0 Å². The molecule has 0 bridgehead atoms. The summed E-state index contributed by atoms with van der Waals surface area (Å²) in [6.45, 7) is 0. The van der Waals surface area contributed by atoms with Crippen LogP contribution in [0.15, 0.2) is 34.3 Å². The van der Waals surface area contributed by atoms with Gasteiger partial charge in [0.1, 0.15) is 16.3 Å². The van der Waals surface area contributed by atoms with Gasteiger partial charge >= 0.3 is 0 Å². The van der Waals surface area contributed by atoms with Crippen LogP contribution in [0, 0.1) is 0 Å². The molecule has 18 heavy (non-hydrogen) atoms. The summed E-state index contributed by atoms with van der Waals surface area (Å²) in [6.07, 6.45) is 1.60. The maximum Gasteiger partial charge on any atom is 0.272 e. The summed E-state index contributed by atoms with van der Waals surface area (Å²) in [6, 6.07) is 4.98. The van der Waals surface area contributed by atoms with E-state index in [9.17, 15) is 5.11 Å². The van der Waals surface area contributed by atoms with Gasteiger partial charge in [-0.1, -0.05) is 16.8 Å². The van der Waals surface area contributed by atoms with Gasteiger partial charge in [0.25, 0.3) is 5.89 Å². The van der Waals surface area contributed by atoms with Crippen LogP contribution in [0.1, 0.15) is 0 Å². The van der Waals surface area contributed by atoms with Gasteiger partial charge in [0.15, 0.2) is 0 Å². The highest BCUT2D eigenvalue weighted by molar-refractivity contribution is 7.13. The van der Waals surface area contributed by atoms with Crippen molar-refractivity contribution < 1.29 is 9.63 Å². The zero-order valence-corrected chi connectivity index (χ0v) is 10.4. The second-order valence-electron chi connectivity index (χ2n) is 3.39. The normalized spacial score (nSPS) is 10.7. The average molecular weight is 280 g/mol. The van der Waals surface area contributed by atoms with Crippen molar-refractivity contribution in [2.75, 3.05) is 0 Å². The summed E-state index contributed by atoms with van der Waals surface area (Å²) in [4.78, 5) is 8.79. The van der Waals surface area contributed by atoms with Gasteiger partial charge in [-0.3, -0.25) is 4.98 Å². The molecule has 0 amide bonds. The first kappa shape index (κ1) is 11.2. The summed E-state index contributed by atoms with van der Waals surface area (Å²) in [7, 11) is 0. The van der Waals surface area contributed by atoms with Gasteiger partial charge in [-0.05, 0) is 23.6 Å². The Kier molecular flexibility index (Phi) is 2.73. The van der Waals surface area contributed by atoms with E-state index < -0.39 is 0 Å². The van der Waals surface area contributed by atoms with Gasteiger partial charge in [-0.2, -0.15) is 4.98 Å². The fraction of sp³-hybridized carbons (Fsp3) is 0. The van der Waals surface area contributed by atoms with E-state index in [1.54, 1.807) is 29.8 Å². The fourth-order valence-electron chi connectivity index (χ4n) is 1.42. The average Bonchev–Trinajstić information content (AvgIpc) is 2.98. The van der Waals surface area contributed by atoms with Crippen LogP contribution in [0.3, 0.4) is 0 Å². The first-order chi connectivity index (χ1) is 8.75. The van der Waals surface area contributed by atoms with Crippen molar-refractivity contribution in [3.8, 4) is 28.0 Å². The number of aromatic hydroxyl groups is 1. The van der Waals surface area contributed by atoms with Crippen molar-refractivity contribution in [2.24, 2.45) is 0 Å². The lowest BCUT2D eigenvalue weighted by molar-refractivity contribution is 0.427. The third-order valence-corrected chi connectivity index (χ3v) is 3.43. The van der Waals surface area contributed by atoms with E-state index in [1.807, 2.05) is 0 Å². The summed E-state index contributed by atoms with van der Waals surface area (Å²) < 4.78 is 5.09. The summed E-state index contributed by atoms with van der Waals surface area (Å²) in [5, 5.41) is 15.6. The molecule has 3 rings (SSSR count). The van der Waals surface area contributed by atoms with Crippen LogP contribution in [-0.2, 0) is 0 Å². The predicted octanol–water partition coefficient (Wildman–Crippen LogP) is 3.22. The lowest BCUT2D eigenvalue weighted by Crippen LogP contribution is -1.86. The molecular weight excluding hydrogens is 274 g/mol. The van der Waals surface area contributed by atoms with Crippen LogP contribution < -0.4 is 0 Å². The number of thiophene rings is 1. The molecule has 5 nitrogen and oxygen atoms in total. The Morgan fingerprint density at radius 1 is 1.33 bits per heavy atom. The van der Waals surface area contributed by atoms with Crippen LogP contribution in [0.5, 0.6) is 5.75 Å². The molecule has 90 valence electrons. The first-order valence-electron chi connectivity index (χ1n) is 4.97. The molecule has 0 saturated carbocycles. The predicted molar refractivity (Wildman–Crippen MR) is 67.5 cm³/mol. The Bertz CT molecular complexity index is 695. The summed E-state index contributed by atoms with van der Waals surface area (Å²) >= 11 is 7.31. The lowest BCUT2D eigenvalue weighted by Gasteiger charge is -1.94. The SMILES string of the molecule is Oc1ccsc1-c1nc(-c2ncccc2Cl)no1. The van der Waals surface area contributed by atoms with E-state index in [4.69, 9.17) is 16.1 Å². The minimum Gasteiger partial charge on any atom is -0.506 e. The molecular formula is C11H6ClN3O2S. The highest BCUT2D eigenvalue weighted by Crippen LogP contribution is 2.34. The smallest absolute Gasteiger partial charge is 0.272 e. The van der Waals surface area contributed by atoms with Crippen molar-refractivity contribution in [3.05, 3.63) is 34.8 Å². The second-order valence-corrected chi connectivity index (χ2v) is 4.72. The van der Waals surface area contributed by atoms with E-state index in [2.05, 4.69) is 15.1 Å². The molecule has 0 radical (unpaired) electrons. The van der Waals surface area contributed by atoms with E-state index in [-0.39, 0.29) is 11.6 Å². The van der Waals surface area contributed by atoms with Crippen molar-refractivity contribution in [1.82, 2.24) is 15.1 Å². The van der Waals surface area contributed by atoms with Crippen LogP contribution in [0.4, 0.5) is 0 Å². The van der Waals surface area contributed by atoms with Gasteiger partial charge in [0.2, 0.25) is 5.82 Å². The quantitative estimate of drug-likeness (QED) is 0.780. The minimum absolute atomic E-state index is 0.113. The number of nitrogens with zero attached hydrogens (tertiary/aromatic N) is 3. The molecule has 3 aromatic heterocycles. The zero-order chi connectivity index (χ0) is 12.5. The maximum atomic E-state index is 9.58. The van der Waals surface area contributed by atoms with Crippen molar-refractivity contribution in [3.63, 3.8) is 0 Å². The number of rotatable bonds is 2. The second kappa shape index (κ2) is 4.40. The van der Waals surface area contributed by atoms with Gasteiger partial charge in [-0.25, -0.2) is 0 Å². The molecule has 0 fully saturated rings. The minimum atomic E-state index is 0.113. The fourth-order valence-corrected chi connectivity index (χ4v) is 2.34. The number of hydrogen-bond donors (Lipinski definition) is 1. The molecule has 0 saturated heterocycles. The van der Waals surface area contributed by atoms with Gasteiger partial charge < -0.3 is 9.63 Å². The number of aromatic nitrogens is 3. The van der Waals surface area contributed by atoms with Crippen LogP contribution in [-0.4, -0.2) is 20.2 Å². The van der Waals surface area contributed by atoms with Gasteiger partial charge in [-0.15, -0.1) is 11.3 Å². The maximum absolute atomic E-state index is 9.58. The molecule has 3 heterocycles. The van der Waals surface area contributed by atoms with E-state index in [0.29, 0.717) is 21.4 Å². The van der Waals surface area contributed by atoms with Crippen LogP contribution in [0.2, 0.25) is 5.02 Å². The van der Waals surface area contributed by atoms with Crippen LogP contribution in [0.25, 0.3) is 22.3 Å². The van der Waals surface area contributed by atoms with Crippen molar-refractivity contribution in [2.45, 2.75) is 0 Å².